The number of halogens is 2. The lowest BCUT2D eigenvalue weighted by Crippen LogP contribution is -2.31. The highest BCUT2D eigenvalue weighted by Crippen LogP contribution is 2.43. The zero-order valence-corrected chi connectivity index (χ0v) is 23.6. The van der Waals surface area contributed by atoms with E-state index in [9.17, 15) is 9.90 Å². The van der Waals surface area contributed by atoms with E-state index < -0.39 is 5.60 Å². The molecule has 204 valence electrons. The molecular formula is C31H28Cl2N4O3. The topological polar surface area (TPSA) is 89.3 Å². The van der Waals surface area contributed by atoms with Gasteiger partial charge >= 0.3 is 0 Å². The van der Waals surface area contributed by atoms with Gasteiger partial charge in [-0.05, 0) is 41.0 Å². The van der Waals surface area contributed by atoms with E-state index in [0.717, 1.165) is 5.56 Å². The van der Waals surface area contributed by atoms with Gasteiger partial charge in [0.25, 0.3) is 0 Å². The molecule has 0 aliphatic carbocycles. The number of imidazole rings is 1. The van der Waals surface area contributed by atoms with Crippen LogP contribution in [0.3, 0.4) is 0 Å². The van der Waals surface area contributed by atoms with Crippen molar-refractivity contribution in [3.63, 3.8) is 0 Å². The second-order valence-corrected chi connectivity index (χ2v) is 10.2. The number of pyridine rings is 1. The van der Waals surface area contributed by atoms with Gasteiger partial charge in [-0.3, -0.25) is 4.79 Å². The molecule has 2 aromatic heterocycles. The fourth-order valence-electron chi connectivity index (χ4n) is 4.71. The fraction of sp³-hybridized carbons (Fsp3) is 0.194. The van der Waals surface area contributed by atoms with Crippen molar-refractivity contribution in [3.05, 3.63) is 112 Å². The van der Waals surface area contributed by atoms with Crippen molar-refractivity contribution in [2.24, 2.45) is 7.05 Å². The zero-order valence-electron chi connectivity index (χ0n) is 22.1. The fourth-order valence-corrected chi connectivity index (χ4v) is 5.18. The van der Waals surface area contributed by atoms with Crippen LogP contribution in [0.15, 0.2) is 85.3 Å². The number of carbonyl (C=O) groups excluding carboxylic acids is 1. The molecule has 1 atom stereocenters. The first-order valence-electron chi connectivity index (χ1n) is 12.9. The highest BCUT2D eigenvalue weighted by Gasteiger charge is 2.37. The zero-order chi connectivity index (χ0) is 28.3. The Hall–Kier alpha value is -3.91. The predicted octanol–water partition coefficient (Wildman–Crippen LogP) is 6.13. The van der Waals surface area contributed by atoms with Crippen molar-refractivity contribution in [1.82, 2.24) is 19.9 Å². The highest BCUT2D eigenvalue weighted by atomic mass is 35.5. The average molecular weight is 575 g/mol. The first-order valence-corrected chi connectivity index (χ1v) is 13.6. The number of rotatable bonds is 9. The minimum absolute atomic E-state index is 0.0505. The molecule has 9 heteroatoms. The molecule has 1 amide bonds. The third-order valence-corrected chi connectivity index (χ3v) is 7.45. The molecule has 0 spiro atoms. The number of aliphatic hydroxyl groups is 1. The second-order valence-electron chi connectivity index (χ2n) is 9.36. The van der Waals surface area contributed by atoms with Crippen LogP contribution in [0.2, 0.25) is 10.0 Å². The van der Waals surface area contributed by atoms with Crippen LogP contribution in [0.1, 0.15) is 30.2 Å². The van der Waals surface area contributed by atoms with E-state index in [1.54, 1.807) is 48.3 Å². The summed E-state index contributed by atoms with van der Waals surface area (Å²) >= 11 is 13.3. The normalized spacial score (nSPS) is 12.7. The van der Waals surface area contributed by atoms with Crippen LogP contribution in [-0.2, 0) is 17.4 Å². The van der Waals surface area contributed by atoms with Crippen LogP contribution in [0.25, 0.3) is 22.0 Å². The number of nitrogens with zero attached hydrogens (tertiary/aromatic N) is 3. The van der Waals surface area contributed by atoms with Gasteiger partial charge in [0.2, 0.25) is 11.8 Å². The quantitative estimate of drug-likeness (QED) is 0.207. The number of hydrogen-bond acceptors (Lipinski definition) is 5. The molecule has 2 N–H and O–H groups in total. The second kappa shape index (κ2) is 11.7. The average Bonchev–Trinajstić information content (AvgIpc) is 3.41. The molecule has 0 saturated heterocycles. The summed E-state index contributed by atoms with van der Waals surface area (Å²) in [6.45, 7) is 2.37. The van der Waals surface area contributed by atoms with Gasteiger partial charge in [-0.25, -0.2) is 9.97 Å². The van der Waals surface area contributed by atoms with Gasteiger partial charge in [0, 0.05) is 23.9 Å². The van der Waals surface area contributed by atoms with Gasteiger partial charge in [-0.15, -0.1) is 0 Å². The standard InChI is InChI=1S/C31H28Cl2N4O3/c1-3-27(38)35-15-16-40-30-28(20-7-5-4-6-8-20)29(33)24-17-22(11-14-25(24)36-30)31(39,26-18-34-19-37(26)2)21-9-12-23(32)13-10-21/h4-14,17-19,39H,3,15-16H2,1-2H3,(H,35,38). The third-order valence-electron chi connectivity index (χ3n) is 6.80. The lowest BCUT2D eigenvalue weighted by atomic mass is 9.83. The van der Waals surface area contributed by atoms with Gasteiger partial charge in [0.15, 0.2) is 5.60 Å². The van der Waals surface area contributed by atoms with Gasteiger partial charge in [0.05, 0.1) is 40.9 Å². The summed E-state index contributed by atoms with van der Waals surface area (Å²) in [5, 5.41) is 16.8. The van der Waals surface area contributed by atoms with Crippen molar-refractivity contribution < 1.29 is 14.6 Å². The third kappa shape index (κ3) is 5.28. The molecule has 0 saturated carbocycles. The number of amides is 1. The molecule has 5 aromatic rings. The molecule has 2 heterocycles. The Morgan fingerprint density at radius 1 is 1.05 bits per heavy atom. The summed E-state index contributed by atoms with van der Waals surface area (Å²) in [5.74, 6) is 0.312. The van der Waals surface area contributed by atoms with Gasteiger partial charge in [0.1, 0.15) is 6.61 Å². The number of hydrogen-bond donors (Lipinski definition) is 2. The monoisotopic (exact) mass is 574 g/mol. The molecule has 3 aromatic carbocycles. The smallest absolute Gasteiger partial charge is 0.223 e. The van der Waals surface area contributed by atoms with E-state index in [0.29, 0.717) is 62.2 Å². The van der Waals surface area contributed by atoms with Gasteiger partial charge in [-0.1, -0.05) is 78.7 Å². The Kier molecular flexibility index (Phi) is 8.07. The molecule has 0 radical (unpaired) electrons. The maximum Gasteiger partial charge on any atom is 0.223 e. The lowest BCUT2D eigenvalue weighted by molar-refractivity contribution is -0.120. The van der Waals surface area contributed by atoms with E-state index >= 15 is 0 Å². The predicted molar refractivity (Wildman–Crippen MR) is 158 cm³/mol. The molecule has 40 heavy (non-hydrogen) atoms. The van der Waals surface area contributed by atoms with Gasteiger partial charge < -0.3 is 19.7 Å². The highest BCUT2D eigenvalue weighted by molar-refractivity contribution is 6.38. The Morgan fingerprint density at radius 2 is 1.77 bits per heavy atom. The number of aromatic nitrogens is 3. The summed E-state index contributed by atoms with van der Waals surface area (Å²) in [7, 11) is 1.83. The summed E-state index contributed by atoms with van der Waals surface area (Å²) in [4.78, 5) is 20.7. The van der Waals surface area contributed by atoms with E-state index in [4.69, 9.17) is 32.9 Å². The van der Waals surface area contributed by atoms with E-state index in [1.165, 1.54) is 0 Å². The van der Waals surface area contributed by atoms with Crippen LogP contribution in [0.5, 0.6) is 5.88 Å². The van der Waals surface area contributed by atoms with Crippen molar-refractivity contribution >= 4 is 40.0 Å². The van der Waals surface area contributed by atoms with Gasteiger partial charge in [-0.2, -0.15) is 0 Å². The first-order chi connectivity index (χ1) is 19.3. The molecule has 0 fully saturated rings. The number of aryl methyl sites for hydroxylation is 1. The number of benzene rings is 3. The molecule has 5 rings (SSSR count). The van der Waals surface area contributed by atoms with Crippen LogP contribution >= 0.6 is 23.2 Å². The van der Waals surface area contributed by atoms with Crippen LogP contribution < -0.4 is 10.1 Å². The number of nitrogens with one attached hydrogen (secondary N) is 1. The summed E-state index contributed by atoms with van der Waals surface area (Å²) in [5.41, 5.74) is 2.31. The molecule has 1 unspecified atom stereocenters. The maximum absolute atomic E-state index is 12.4. The van der Waals surface area contributed by atoms with E-state index in [2.05, 4.69) is 10.3 Å². The summed E-state index contributed by atoms with van der Waals surface area (Å²) in [6.07, 6.45) is 3.69. The van der Waals surface area contributed by atoms with Crippen molar-refractivity contribution in [2.75, 3.05) is 13.2 Å². The number of carbonyl (C=O) groups is 1. The largest absolute Gasteiger partial charge is 0.475 e. The molecule has 0 aliphatic rings. The van der Waals surface area contributed by atoms with Crippen LogP contribution in [-0.4, -0.2) is 38.7 Å². The maximum atomic E-state index is 12.4. The van der Waals surface area contributed by atoms with Crippen molar-refractivity contribution in [2.45, 2.75) is 18.9 Å². The Morgan fingerprint density at radius 3 is 2.45 bits per heavy atom. The Labute approximate surface area is 242 Å². The SMILES string of the molecule is CCC(=O)NCCOc1nc2ccc(C(O)(c3ccc(Cl)cc3)c3cncn3C)cc2c(Cl)c1-c1ccccc1. The van der Waals surface area contributed by atoms with Crippen LogP contribution in [0, 0.1) is 0 Å². The molecular weight excluding hydrogens is 547 g/mol. The first kappa shape index (κ1) is 27.6. The van der Waals surface area contributed by atoms with E-state index in [1.807, 2.05) is 55.6 Å². The lowest BCUT2D eigenvalue weighted by Gasteiger charge is -2.30. The molecule has 7 nitrogen and oxygen atoms in total. The minimum Gasteiger partial charge on any atom is -0.475 e. The van der Waals surface area contributed by atoms with E-state index in [-0.39, 0.29) is 12.5 Å². The molecule has 0 aliphatic heterocycles. The van der Waals surface area contributed by atoms with Crippen molar-refractivity contribution in [1.29, 1.82) is 0 Å². The minimum atomic E-state index is -1.55. The summed E-state index contributed by atoms with van der Waals surface area (Å²) < 4.78 is 7.82. The molecule has 0 bridgehead atoms. The van der Waals surface area contributed by atoms with Crippen LogP contribution in [0.4, 0.5) is 0 Å². The Bertz CT molecular complexity index is 1660. The Balaban J connectivity index is 1.65. The number of ether oxygens (including phenoxy) is 1. The number of fused-ring (bicyclic) bond motifs is 1. The van der Waals surface area contributed by atoms with Crippen molar-refractivity contribution in [3.8, 4) is 17.0 Å². The summed E-state index contributed by atoms with van der Waals surface area (Å²) in [6, 6.07) is 22.2.